The Bertz CT molecular complexity index is 823. The molecule has 1 unspecified atom stereocenters. The minimum Gasteiger partial charge on any atom is -0.454 e. The molecule has 142 valence electrons. The minimum atomic E-state index is 0.118. The average Bonchev–Trinajstić information content (AvgIpc) is 3.02. The van der Waals surface area contributed by atoms with Crippen molar-refractivity contribution in [2.24, 2.45) is 0 Å². The normalized spacial score (nSPS) is 18.9. The van der Waals surface area contributed by atoms with E-state index in [2.05, 4.69) is 12.1 Å². The number of benzene rings is 2. The molecule has 27 heavy (non-hydrogen) atoms. The number of rotatable bonds is 3. The molecule has 0 saturated carbocycles. The van der Waals surface area contributed by atoms with Crippen molar-refractivity contribution in [3.8, 4) is 11.5 Å². The van der Waals surface area contributed by atoms with Gasteiger partial charge in [0.2, 0.25) is 6.79 Å². The van der Waals surface area contributed by atoms with Crippen molar-refractivity contribution in [1.82, 2.24) is 4.90 Å². The topological polar surface area (TPSA) is 42.0 Å². The Hall–Kier alpha value is -2.34. The Balaban J connectivity index is 1.43. The maximum Gasteiger partial charge on any atom is 0.253 e. The second kappa shape index (κ2) is 7.72. The van der Waals surface area contributed by atoms with Crippen molar-refractivity contribution in [2.75, 3.05) is 44.6 Å². The van der Waals surface area contributed by atoms with E-state index in [0.717, 1.165) is 48.0 Å². The summed E-state index contributed by atoms with van der Waals surface area (Å²) < 4.78 is 10.9. The van der Waals surface area contributed by atoms with Crippen LogP contribution in [0.25, 0.3) is 0 Å². The molecular formula is C21H24N2O3S. The molecule has 2 aliphatic rings. The number of carbonyl (C=O) groups excluding carboxylic acids is 1. The maximum absolute atomic E-state index is 12.9. The molecule has 0 aromatic heterocycles. The summed E-state index contributed by atoms with van der Waals surface area (Å²) in [6.07, 6.45) is 0.936. The Morgan fingerprint density at radius 1 is 1.07 bits per heavy atom. The van der Waals surface area contributed by atoms with Gasteiger partial charge in [-0.05, 0) is 48.4 Å². The lowest BCUT2D eigenvalue weighted by Gasteiger charge is -2.21. The van der Waals surface area contributed by atoms with Gasteiger partial charge in [-0.2, -0.15) is 11.8 Å². The first-order valence-electron chi connectivity index (χ1n) is 9.19. The van der Waals surface area contributed by atoms with Crippen LogP contribution in [0.4, 0.5) is 5.69 Å². The lowest BCUT2D eigenvalue weighted by molar-refractivity contribution is 0.0766. The monoisotopic (exact) mass is 384 g/mol. The van der Waals surface area contributed by atoms with Crippen LogP contribution in [0.1, 0.15) is 27.6 Å². The molecule has 5 nitrogen and oxygen atoms in total. The number of anilines is 1. The SMILES string of the molecule is CN(C)c1ccc(C(=O)N2CCSC(c3ccc4c(c3)OCO4)CC2)cc1. The predicted molar refractivity (Wildman–Crippen MR) is 109 cm³/mol. The quantitative estimate of drug-likeness (QED) is 0.805. The Labute approximate surface area is 164 Å². The minimum absolute atomic E-state index is 0.118. The van der Waals surface area contributed by atoms with Gasteiger partial charge < -0.3 is 19.3 Å². The summed E-state index contributed by atoms with van der Waals surface area (Å²) in [6, 6.07) is 14.0. The lowest BCUT2D eigenvalue weighted by Crippen LogP contribution is -2.33. The van der Waals surface area contributed by atoms with Crippen molar-refractivity contribution in [3.63, 3.8) is 0 Å². The summed E-state index contributed by atoms with van der Waals surface area (Å²) >= 11 is 1.91. The number of ether oxygens (including phenoxy) is 2. The molecule has 2 aliphatic heterocycles. The third-order valence-corrected chi connectivity index (χ3v) is 6.36. The molecule has 0 N–H and O–H groups in total. The van der Waals surface area contributed by atoms with Gasteiger partial charge in [-0.25, -0.2) is 0 Å². The van der Waals surface area contributed by atoms with Crippen molar-refractivity contribution in [2.45, 2.75) is 11.7 Å². The zero-order chi connectivity index (χ0) is 18.8. The number of hydrogen-bond acceptors (Lipinski definition) is 5. The van der Waals surface area contributed by atoms with E-state index in [9.17, 15) is 4.79 Å². The molecule has 0 radical (unpaired) electrons. The first-order valence-corrected chi connectivity index (χ1v) is 10.2. The molecule has 0 aliphatic carbocycles. The average molecular weight is 385 g/mol. The van der Waals surface area contributed by atoms with Gasteiger partial charge in [0.25, 0.3) is 5.91 Å². The summed E-state index contributed by atoms with van der Waals surface area (Å²) in [6.45, 7) is 1.84. The van der Waals surface area contributed by atoms with Crippen molar-refractivity contribution in [3.05, 3.63) is 53.6 Å². The summed E-state index contributed by atoms with van der Waals surface area (Å²) in [5.41, 5.74) is 3.10. The second-order valence-electron chi connectivity index (χ2n) is 6.99. The van der Waals surface area contributed by atoms with E-state index in [1.165, 1.54) is 5.56 Å². The van der Waals surface area contributed by atoms with Crippen molar-refractivity contribution < 1.29 is 14.3 Å². The Morgan fingerprint density at radius 3 is 2.63 bits per heavy atom. The number of fused-ring (bicyclic) bond motifs is 1. The third kappa shape index (κ3) is 3.86. The molecule has 1 saturated heterocycles. The molecule has 1 fully saturated rings. The zero-order valence-corrected chi connectivity index (χ0v) is 16.5. The molecule has 0 bridgehead atoms. The van der Waals surface area contributed by atoms with Crippen LogP contribution in [0.15, 0.2) is 42.5 Å². The van der Waals surface area contributed by atoms with Gasteiger partial charge >= 0.3 is 0 Å². The molecule has 2 aromatic carbocycles. The smallest absolute Gasteiger partial charge is 0.253 e. The highest BCUT2D eigenvalue weighted by molar-refractivity contribution is 7.99. The summed E-state index contributed by atoms with van der Waals surface area (Å²) in [7, 11) is 4.00. The fourth-order valence-electron chi connectivity index (χ4n) is 3.44. The number of carbonyl (C=O) groups is 1. The summed E-state index contributed by atoms with van der Waals surface area (Å²) in [4.78, 5) is 16.9. The molecule has 4 rings (SSSR count). The number of hydrogen-bond donors (Lipinski definition) is 0. The van der Waals surface area contributed by atoms with Gasteiger partial charge in [-0.15, -0.1) is 0 Å². The van der Waals surface area contributed by atoms with E-state index in [1.54, 1.807) is 0 Å². The highest BCUT2D eigenvalue weighted by Crippen LogP contribution is 2.40. The maximum atomic E-state index is 12.9. The summed E-state index contributed by atoms with van der Waals surface area (Å²) in [5.74, 6) is 2.69. The van der Waals surface area contributed by atoms with Gasteiger partial charge in [0.15, 0.2) is 11.5 Å². The van der Waals surface area contributed by atoms with Gasteiger partial charge in [0.1, 0.15) is 0 Å². The van der Waals surface area contributed by atoms with E-state index in [1.807, 2.05) is 66.0 Å². The van der Waals surface area contributed by atoms with Crippen LogP contribution < -0.4 is 14.4 Å². The Kier molecular flexibility index (Phi) is 5.16. The van der Waals surface area contributed by atoms with Crippen molar-refractivity contribution in [1.29, 1.82) is 0 Å². The largest absolute Gasteiger partial charge is 0.454 e. The second-order valence-corrected chi connectivity index (χ2v) is 8.30. The highest BCUT2D eigenvalue weighted by Gasteiger charge is 2.24. The van der Waals surface area contributed by atoms with Gasteiger partial charge in [0.05, 0.1) is 0 Å². The number of nitrogens with zero attached hydrogens (tertiary/aromatic N) is 2. The van der Waals surface area contributed by atoms with Crippen LogP contribution in [0, 0.1) is 0 Å². The Morgan fingerprint density at radius 2 is 1.85 bits per heavy atom. The van der Waals surface area contributed by atoms with Crippen LogP contribution in [0.5, 0.6) is 11.5 Å². The number of amides is 1. The van der Waals surface area contributed by atoms with E-state index < -0.39 is 0 Å². The number of thioether (sulfide) groups is 1. The van der Waals surface area contributed by atoms with Crippen LogP contribution in [-0.4, -0.2) is 50.5 Å². The van der Waals surface area contributed by atoms with Gasteiger partial charge in [0, 0.05) is 49.4 Å². The lowest BCUT2D eigenvalue weighted by atomic mass is 10.1. The molecule has 1 atom stereocenters. The van der Waals surface area contributed by atoms with Gasteiger partial charge in [-0.3, -0.25) is 4.79 Å². The fourth-order valence-corrected chi connectivity index (χ4v) is 4.66. The van der Waals surface area contributed by atoms with E-state index in [0.29, 0.717) is 12.0 Å². The van der Waals surface area contributed by atoms with Crippen molar-refractivity contribution >= 4 is 23.4 Å². The van der Waals surface area contributed by atoms with E-state index in [4.69, 9.17) is 9.47 Å². The summed E-state index contributed by atoms with van der Waals surface area (Å²) in [5, 5.41) is 0.369. The standard InChI is InChI=1S/C21H24N2O3S/c1-22(2)17-6-3-15(4-7-17)21(24)23-10-9-20(27-12-11-23)16-5-8-18-19(13-16)26-14-25-18/h3-8,13,20H,9-12,14H2,1-2H3. The van der Waals surface area contributed by atoms with Crippen LogP contribution in [-0.2, 0) is 0 Å². The zero-order valence-electron chi connectivity index (χ0n) is 15.7. The first-order chi connectivity index (χ1) is 13.1. The fraction of sp³-hybridized carbons (Fsp3) is 0.381. The van der Waals surface area contributed by atoms with Gasteiger partial charge in [-0.1, -0.05) is 6.07 Å². The van der Waals surface area contributed by atoms with E-state index >= 15 is 0 Å². The molecule has 0 spiro atoms. The van der Waals surface area contributed by atoms with E-state index in [-0.39, 0.29) is 5.91 Å². The molecular weight excluding hydrogens is 360 g/mol. The van der Waals surface area contributed by atoms with Crippen LogP contribution >= 0.6 is 11.8 Å². The molecule has 2 aromatic rings. The molecule has 1 amide bonds. The van der Waals surface area contributed by atoms with Crippen LogP contribution in [0.2, 0.25) is 0 Å². The first kappa shape index (κ1) is 18.0. The third-order valence-electron chi connectivity index (χ3n) is 5.03. The van der Waals surface area contributed by atoms with Crippen LogP contribution in [0.3, 0.4) is 0 Å². The predicted octanol–water partition coefficient (Wildman–Crippen LogP) is 3.80. The highest BCUT2D eigenvalue weighted by atomic mass is 32.2. The molecule has 2 heterocycles. The molecule has 6 heteroatoms.